The standard InChI is InChI=1S/C16H13Cl4NO4S/c17-10-6-7-11(18)14(9-10)26(24,25)21(8-2-5-15(22)23)16-12(19)3-1-4-13(16)20/h1,3-4,6-7,9H,2,5,8H2,(H,22,23). The first-order valence-electron chi connectivity index (χ1n) is 7.28. The molecule has 0 amide bonds. The summed E-state index contributed by atoms with van der Waals surface area (Å²) in [6.45, 7) is -0.152. The van der Waals surface area contributed by atoms with Crippen molar-refractivity contribution < 1.29 is 18.3 Å². The summed E-state index contributed by atoms with van der Waals surface area (Å²) in [5, 5.41) is 9.22. The Bertz CT molecular complexity index is 914. The minimum atomic E-state index is -4.20. The minimum absolute atomic E-state index is 0.0270. The van der Waals surface area contributed by atoms with E-state index in [1.807, 2.05) is 0 Å². The number of aliphatic carboxylic acids is 1. The van der Waals surface area contributed by atoms with Crippen LogP contribution in [0.25, 0.3) is 0 Å². The van der Waals surface area contributed by atoms with Crippen molar-refractivity contribution in [1.82, 2.24) is 0 Å². The first kappa shape index (κ1) is 21.1. The maximum absolute atomic E-state index is 13.2. The van der Waals surface area contributed by atoms with Crippen LogP contribution in [0.5, 0.6) is 0 Å². The van der Waals surface area contributed by atoms with Gasteiger partial charge in [-0.2, -0.15) is 0 Å². The van der Waals surface area contributed by atoms with Gasteiger partial charge >= 0.3 is 5.97 Å². The molecule has 0 aliphatic rings. The smallest absolute Gasteiger partial charge is 0.303 e. The van der Waals surface area contributed by atoms with Crippen LogP contribution >= 0.6 is 46.4 Å². The number of nitrogens with zero attached hydrogens (tertiary/aromatic N) is 1. The van der Waals surface area contributed by atoms with Crippen LogP contribution in [0.4, 0.5) is 5.69 Å². The second kappa shape index (κ2) is 8.67. The number of sulfonamides is 1. The Morgan fingerprint density at radius 2 is 1.62 bits per heavy atom. The summed E-state index contributed by atoms with van der Waals surface area (Å²) in [5.41, 5.74) is 0.0530. The lowest BCUT2D eigenvalue weighted by atomic mass is 10.3. The summed E-state index contributed by atoms with van der Waals surface area (Å²) in [7, 11) is -4.20. The fourth-order valence-corrected chi connectivity index (χ4v) is 5.23. The number of rotatable bonds is 7. The van der Waals surface area contributed by atoms with Gasteiger partial charge in [0.1, 0.15) is 4.90 Å². The van der Waals surface area contributed by atoms with Gasteiger partial charge < -0.3 is 5.11 Å². The molecule has 0 aromatic heterocycles. The summed E-state index contributed by atoms with van der Waals surface area (Å²) < 4.78 is 27.4. The van der Waals surface area contributed by atoms with Crippen molar-refractivity contribution in [3.8, 4) is 0 Å². The highest BCUT2D eigenvalue weighted by Crippen LogP contribution is 2.38. The Morgan fingerprint density at radius 3 is 2.19 bits per heavy atom. The SMILES string of the molecule is O=C(O)CCCN(c1c(Cl)cccc1Cl)S(=O)(=O)c1cc(Cl)ccc1Cl. The lowest BCUT2D eigenvalue weighted by molar-refractivity contribution is -0.137. The number of hydrogen-bond donors (Lipinski definition) is 1. The van der Waals surface area contributed by atoms with Crippen molar-refractivity contribution in [3.05, 3.63) is 56.5 Å². The Morgan fingerprint density at radius 1 is 1.00 bits per heavy atom. The molecule has 5 nitrogen and oxygen atoms in total. The maximum Gasteiger partial charge on any atom is 0.303 e. The molecule has 1 N–H and O–H groups in total. The van der Waals surface area contributed by atoms with E-state index >= 15 is 0 Å². The Labute approximate surface area is 171 Å². The molecule has 0 saturated heterocycles. The Balaban J connectivity index is 2.59. The number of carboxylic acids is 1. The number of para-hydroxylation sites is 1. The van der Waals surface area contributed by atoms with Crippen molar-refractivity contribution in [3.63, 3.8) is 0 Å². The van der Waals surface area contributed by atoms with Crippen LogP contribution in [-0.2, 0) is 14.8 Å². The quantitative estimate of drug-likeness (QED) is 0.608. The van der Waals surface area contributed by atoms with Crippen LogP contribution in [-0.4, -0.2) is 26.0 Å². The number of hydrogen-bond acceptors (Lipinski definition) is 3. The van der Waals surface area contributed by atoms with Crippen LogP contribution in [0.3, 0.4) is 0 Å². The van der Waals surface area contributed by atoms with Gasteiger partial charge in [0.05, 0.1) is 20.8 Å². The Kier molecular flexibility index (Phi) is 7.05. The van der Waals surface area contributed by atoms with E-state index in [4.69, 9.17) is 51.5 Å². The van der Waals surface area contributed by atoms with Gasteiger partial charge in [0, 0.05) is 18.0 Å². The fourth-order valence-electron chi connectivity index (χ4n) is 2.25. The van der Waals surface area contributed by atoms with Gasteiger partial charge in [-0.25, -0.2) is 8.42 Å². The maximum atomic E-state index is 13.2. The average Bonchev–Trinajstić information content (AvgIpc) is 2.55. The fraction of sp³-hybridized carbons (Fsp3) is 0.188. The molecule has 0 aliphatic heterocycles. The topological polar surface area (TPSA) is 74.7 Å². The van der Waals surface area contributed by atoms with E-state index in [0.717, 1.165) is 4.31 Å². The molecular weight excluding hydrogens is 444 g/mol. The van der Waals surface area contributed by atoms with Gasteiger partial charge in [0.15, 0.2) is 0 Å². The molecular formula is C16H13Cl4NO4S. The first-order valence-corrected chi connectivity index (χ1v) is 10.2. The van der Waals surface area contributed by atoms with Gasteiger partial charge in [-0.1, -0.05) is 52.5 Å². The zero-order chi connectivity index (χ0) is 19.5. The van der Waals surface area contributed by atoms with Crippen molar-refractivity contribution in [2.24, 2.45) is 0 Å². The summed E-state index contributed by atoms with van der Waals surface area (Å²) in [6, 6.07) is 8.58. The number of anilines is 1. The van der Waals surface area contributed by atoms with E-state index in [-0.39, 0.29) is 50.1 Å². The summed E-state index contributed by atoms with van der Waals surface area (Å²) in [5.74, 6) is -1.05. The molecule has 0 fully saturated rings. The lowest BCUT2D eigenvalue weighted by Crippen LogP contribution is -2.33. The molecule has 2 aromatic rings. The Hall–Kier alpha value is -1.18. The molecule has 10 heteroatoms. The second-order valence-corrected chi connectivity index (χ2v) is 8.71. The molecule has 0 atom stereocenters. The van der Waals surface area contributed by atoms with E-state index in [1.165, 1.54) is 30.3 Å². The number of carbonyl (C=O) groups is 1. The molecule has 0 unspecified atom stereocenters. The third-order valence-electron chi connectivity index (χ3n) is 3.40. The van der Waals surface area contributed by atoms with E-state index in [2.05, 4.69) is 0 Å². The van der Waals surface area contributed by atoms with Crippen molar-refractivity contribution in [2.75, 3.05) is 10.8 Å². The van der Waals surface area contributed by atoms with Gasteiger partial charge in [0.2, 0.25) is 0 Å². The third-order valence-corrected chi connectivity index (χ3v) is 6.53. The van der Waals surface area contributed by atoms with Crippen LogP contribution in [0, 0.1) is 0 Å². The van der Waals surface area contributed by atoms with E-state index in [0.29, 0.717) is 0 Å². The minimum Gasteiger partial charge on any atom is -0.481 e. The largest absolute Gasteiger partial charge is 0.481 e. The van der Waals surface area contributed by atoms with E-state index in [9.17, 15) is 13.2 Å². The second-order valence-electron chi connectivity index (χ2n) is 5.22. The molecule has 0 spiro atoms. The van der Waals surface area contributed by atoms with Gasteiger partial charge in [-0.3, -0.25) is 9.10 Å². The predicted octanol–water partition coefficient (Wildman–Crippen LogP) is 5.36. The molecule has 2 aromatic carbocycles. The first-order chi connectivity index (χ1) is 12.1. The summed E-state index contributed by atoms with van der Waals surface area (Å²) >= 11 is 24.3. The van der Waals surface area contributed by atoms with Gasteiger partial charge in [-0.15, -0.1) is 0 Å². The summed E-state index contributed by atoms with van der Waals surface area (Å²) in [6.07, 6.45) is -0.175. The molecule has 2 rings (SSSR count). The van der Waals surface area contributed by atoms with Gasteiger partial charge in [0.25, 0.3) is 10.0 Å². The molecule has 0 saturated carbocycles. The molecule has 26 heavy (non-hydrogen) atoms. The number of halogens is 4. The molecule has 0 heterocycles. The third kappa shape index (κ3) is 4.75. The van der Waals surface area contributed by atoms with Crippen molar-refractivity contribution >= 4 is 68.1 Å². The predicted molar refractivity (Wildman–Crippen MR) is 104 cm³/mol. The van der Waals surface area contributed by atoms with Crippen LogP contribution in [0.2, 0.25) is 20.1 Å². The van der Waals surface area contributed by atoms with Crippen LogP contribution in [0.1, 0.15) is 12.8 Å². The number of benzene rings is 2. The number of carboxylic acid groups (broad SMARTS) is 1. The van der Waals surface area contributed by atoms with Gasteiger partial charge in [-0.05, 0) is 36.8 Å². The molecule has 0 radical (unpaired) electrons. The summed E-state index contributed by atoms with van der Waals surface area (Å²) in [4.78, 5) is 10.6. The van der Waals surface area contributed by atoms with E-state index < -0.39 is 16.0 Å². The van der Waals surface area contributed by atoms with Crippen LogP contribution in [0.15, 0.2) is 41.3 Å². The average molecular weight is 457 g/mol. The normalized spacial score (nSPS) is 11.4. The zero-order valence-electron chi connectivity index (χ0n) is 13.1. The van der Waals surface area contributed by atoms with E-state index in [1.54, 1.807) is 6.07 Å². The zero-order valence-corrected chi connectivity index (χ0v) is 17.0. The van der Waals surface area contributed by atoms with Crippen molar-refractivity contribution in [2.45, 2.75) is 17.7 Å². The molecule has 0 bridgehead atoms. The highest BCUT2D eigenvalue weighted by molar-refractivity contribution is 7.93. The van der Waals surface area contributed by atoms with Crippen LogP contribution < -0.4 is 4.31 Å². The lowest BCUT2D eigenvalue weighted by Gasteiger charge is -2.26. The monoisotopic (exact) mass is 455 g/mol. The molecule has 0 aliphatic carbocycles. The molecule has 140 valence electrons. The highest BCUT2D eigenvalue weighted by Gasteiger charge is 2.30. The van der Waals surface area contributed by atoms with Crippen molar-refractivity contribution in [1.29, 1.82) is 0 Å². The highest BCUT2D eigenvalue weighted by atomic mass is 35.5.